The zero-order valence-electron chi connectivity index (χ0n) is 4.93. The van der Waals surface area contributed by atoms with Crippen molar-refractivity contribution in [2.75, 3.05) is 13.1 Å². The molecule has 1 fully saturated rings. The van der Waals surface area contributed by atoms with Crippen LogP contribution < -0.4 is 16.8 Å². The van der Waals surface area contributed by atoms with Crippen LogP contribution in [0.4, 0.5) is 0 Å². The molecule has 1 aliphatic heterocycles. The normalized spacial score (nSPS) is 38.2. The molecule has 0 bridgehead atoms. The number of nitrogens with one attached hydrogen (secondary N) is 1. The van der Waals surface area contributed by atoms with Crippen molar-refractivity contribution in [1.82, 2.24) is 5.32 Å². The van der Waals surface area contributed by atoms with Crippen LogP contribution in [0, 0.1) is 0 Å². The van der Waals surface area contributed by atoms with Gasteiger partial charge in [-0.2, -0.15) is 0 Å². The Kier molecular flexibility index (Phi) is 1.83. The van der Waals surface area contributed by atoms with Gasteiger partial charge in [-0.15, -0.1) is 0 Å². The van der Waals surface area contributed by atoms with E-state index in [-0.39, 0.29) is 0 Å². The molecule has 5 N–H and O–H groups in total. The molecule has 2 atom stereocenters. The van der Waals surface area contributed by atoms with Crippen LogP contribution in [-0.4, -0.2) is 25.2 Å². The third-order valence-corrected chi connectivity index (χ3v) is 1.65. The molecule has 0 radical (unpaired) electrons. The topological polar surface area (TPSA) is 64.1 Å². The van der Waals surface area contributed by atoms with E-state index < -0.39 is 0 Å². The molecule has 48 valence electrons. The van der Waals surface area contributed by atoms with Crippen LogP contribution in [0.25, 0.3) is 0 Å². The monoisotopic (exact) mass is 115 g/mol. The summed E-state index contributed by atoms with van der Waals surface area (Å²) in [5, 5.41) is 3.21. The second-order valence-corrected chi connectivity index (χ2v) is 2.25. The van der Waals surface area contributed by atoms with Gasteiger partial charge in [-0.05, 0) is 13.0 Å². The van der Waals surface area contributed by atoms with E-state index in [2.05, 4.69) is 5.32 Å². The van der Waals surface area contributed by atoms with E-state index in [1.54, 1.807) is 0 Å². The summed E-state index contributed by atoms with van der Waals surface area (Å²) >= 11 is 0. The molecule has 0 amide bonds. The van der Waals surface area contributed by atoms with Crippen molar-refractivity contribution < 1.29 is 0 Å². The van der Waals surface area contributed by atoms with Crippen LogP contribution in [0.2, 0.25) is 0 Å². The van der Waals surface area contributed by atoms with Gasteiger partial charge < -0.3 is 16.8 Å². The molecule has 0 aromatic rings. The maximum atomic E-state index is 5.65. The Morgan fingerprint density at radius 2 is 2.38 bits per heavy atom. The van der Waals surface area contributed by atoms with Crippen molar-refractivity contribution in [2.45, 2.75) is 18.5 Å². The molecule has 8 heavy (non-hydrogen) atoms. The summed E-state index contributed by atoms with van der Waals surface area (Å²) in [6.07, 6.45) is 1.07. The summed E-state index contributed by atoms with van der Waals surface area (Å²) in [5.41, 5.74) is 11.0. The molecule has 2 unspecified atom stereocenters. The lowest BCUT2D eigenvalue weighted by Crippen LogP contribution is -2.41. The predicted molar refractivity (Wildman–Crippen MR) is 33.4 cm³/mol. The van der Waals surface area contributed by atoms with Gasteiger partial charge in [0.05, 0.1) is 0 Å². The molecule has 1 saturated heterocycles. The maximum Gasteiger partial charge on any atom is 0.0342 e. The first kappa shape index (κ1) is 6.01. The molecule has 0 spiro atoms. The lowest BCUT2D eigenvalue weighted by Gasteiger charge is -2.10. The Morgan fingerprint density at radius 3 is 2.62 bits per heavy atom. The maximum absolute atomic E-state index is 5.65. The van der Waals surface area contributed by atoms with Crippen molar-refractivity contribution >= 4 is 0 Å². The number of hydrogen-bond acceptors (Lipinski definition) is 3. The molecule has 1 heterocycles. The average molecular weight is 115 g/mol. The number of hydrogen-bond donors (Lipinski definition) is 3. The predicted octanol–water partition coefficient (Wildman–Crippen LogP) is -1.37. The van der Waals surface area contributed by atoms with Crippen molar-refractivity contribution in [3.8, 4) is 0 Å². The molecular formula is C5H13N3. The first-order valence-corrected chi connectivity index (χ1v) is 3.03. The second kappa shape index (κ2) is 2.44. The van der Waals surface area contributed by atoms with Gasteiger partial charge >= 0.3 is 0 Å². The standard InChI is InChI=1S/C5H13N3/c6-3-5-4(7)1-2-8-5/h4-5,8H,1-3,6-7H2. The van der Waals surface area contributed by atoms with E-state index in [1.165, 1.54) is 0 Å². The molecule has 3 heteroatoms. The van der Waals surface area contributed by atoms with Gasteiger partial charge in [0.15, 0.2) is 0 Å². The smallest absolute Gasteiger partial charge is 0.0342 e. The molecule has 1 rings (SSSR count). The molecule has 1 aliphatic rings. The van der Waals surface area contributed by atoms with Crippen molar-refractivity contribution in [3.05, 3.63) is 0 Å². The Balaban J connectivity index is 2.30. The average Bonchev–Trinajstić information content (AvgIpc) is 2.14. The van der Waals surface area contributed by atoms with E-state index in [4.69, 9.17) is 11.5 Å². The first-order chi connectivity index (χ1) is 3.84. The third kappa shape index (κ3) is 0.992. The summed E-state index contributed by atoms with van der Waals surface area (Å²) in [6.45, 7) is 1.70. The minimum atomic E-state index is 0.292. The first-order valence-electron chi connectivity index (χ1n) is 3.03. The fraction of sp³-hybridized carbons (Fsp3) is 1.00. The molecular weight excluding hydrogens is 102 g/mol. The zero-order chi connectivity index (χ0) is 5.98. The van der Waals surface area contributed by atoms with Crippen molar-refractivity contribution in [1.29, 1.82) is 0 Å². The lowest BCUT2D eigenvalue weighted by molar-refractivity contribution is 0.551. The van der Waals surface area contributed by atoms with Gasteiger partial charge in [-0.1, -0.05) is 0 Å². The highest BCUT2D eigenvalue weighted by Gasteiger charge is 2.20. The molecule has 3 nitrogen and oxygen atoms in total. The summed E-state index contributed by atoms with van der Waals surface area (Å²) in [6, 6.07) is 0.662. The van der Waals surface area contributed by atoms with Crippen molar-refractivity contribution in [3.63, 3.8) is 0 Å². The van der Waals surface area contributed by atoms with Crippen LogP contribution >= 0.6 is 0 Å². The quantitative estimate of drug-likeness (QED) is 0.395. The number of rotatable bonds is 1. The van der Waals surface area contributed by atoms with Crippen LogP contribution in [0.1, 0.15) is 6.42 Å². The van der Waals surface area contributed by atoms with Crippen molar-refractivity contribution in [2.24, 2.45) is 11.5 Å². The molecule has 0 aromatic carbocycles. The fourth-order valence-electron chi connectivity index (χ4n) is 1.05. The van der Waals surface area contributed by atoms with E-state index in [1.807, 2.05) is 0 Å². The minimum absolute atomic E-state index is 0.292. The minimum Gasteiger partial charge on any atom is -0.329 e. The zero-order valence-corrected chi connectivity index (χ0v) is 4.93. The molecule has 0 aliphatic carbocycles. The van der Waals surface area contributed by atoms with Gasteiger partial charge in [0, 0.05) is 18.6 Å². The Morgan fingerprint density at radius 1 is 1.62 bits per heavy atom. The highest BCUT2D eigenvalue weighted by Crippen LogP contribution is 2.00. The van der Waals surface area contributed by atoms with E-state index >= 15 is 0 Å². The van der Waals surface area contributed by atoms with E-state index in [0.29, 0.717) is 18.6 Å². The van der Waals surface area contributed by atoms with Crippen LogP contribution in [-0.2, 0) is 0 Å². The second-order valence-electron chi connectivity index (χ2n) is 2.25. The van der Waals surface area contributed by atoms with Gasteiger partial charge in [-0.3, -0.25) is 0 Å². The fourth-order valence-corrected chi connectivity index (χ4v) is 1.05. The number of nitrogens with two attached hydrogens (primary N) is 2. The van der Waals surface area contributed by atoms with E-state index in [0.717, 1.165) is 13.0 Å². The summed E-state index contributed by atoms with van der Waals surface area (Å²) in [7, 11) is 0. The Labute approximate surface area is 49.4 Å². The van der Waals surface area contributed by atoms with Crippen LogP contribution in [0.15, 0.2) is 0 Å². The van der Waals surface area contributed by atoms with Crippen LogP contribution in [0.5, 0.6) is 0 Å². The lowest BCUT2D eigenvalue weighted by atomic mass is 10.1. The Hall–Kier alpha value is -0.120. The van der Waals surface area contributed by atoms with Gasteiger partial charge in [0.1, 0.15) is 0 Å². The van der Waals surface area contributed by atoms with Gasteiger partial charge in [0.25, 0.3) is 0 Å². The molecule has 0 saturated carbocycles. The SMILES string of the molecule is NCC1NCCC1N. The summed E-state index contributed by atoms with van der Waals surface area (Å²) < 4.78 is 0. The third-order valence-electron chi connectivity index (χ3n) is 1.65. The van der Waals surface area contributed by atoms with Gasteiger partial charge in [0.2, 0.25) is 0 Å². The summed E-state index contributed by atoms with van der Waals surface area (Å²) in [4.78, 5) is 0. The van der Waals surface area contributed by atoms with Gasteiger partial charge in [-0.25, -0.2) is 0 Å². The Bertz CT molecular complexity index is 74.1. The van der Waals surface area contributed by atoms with Crippen LogP contribution in [0.3, 0.4) is 0 Å². The largest absolute Gasteiger partial charge is 0.329 e. The molecule has 0 aromatic heterocycles. The summed E-state index contributed by atoms with van der Waals surface area (Å²) in [5.74, 6) is 0. The highest BCUT2D eigenvalue weighted by atomic mass is 15.0. The highest BCUT2D eigenvalue weighted by molar-refractivity contribution is 4.86. The van der Waals surface area contributed by atoms with E-state index in [9.17, 15) is 0 Å².